The number of allylic oxidation sites excluding steroid dienone is 8. The second kappa shape index (κ2) is 9.85. The van der Waals surface area contributed by atoms with Gasteiger partial charge < -0.3 is 14.4 Å². The molecule has 4 heteroatoms. The van der Waals surface area contributed by atoms with Gasteiger partial charge >= 0.3 is 0 Å². The van der Waals surface area contributed by atoms with Gasteiger partial charge in [0.05, 0.1) is 6.07 Å². The lowest BCUT2D eigenvalue weighted by atomic mass is 10.0. The number of nitrogens with zero attached hydrogens (tertiary/aromatic N) is 2. The number of nitriles is 1. The first kappa shape index (κ1) is 23.0. The van der Waals surface area contributed by atoms with Crippen molar-refractivity contribution in [3.05, 3.63) is 137 Å². The minimum absolute atomic E-state index is 0.633. The van der Waals surface area contributed by atoms with Crippen molar-refractivity contribution < 1.29 is 9.47 Å². The molecule has 5 rings (SSSR count). The van der Waals surface area contributed by atoms with E-state index in [0.29, 0.717) is 17.1 Å². The maximum atomic E-state index is 9.30. The number of benzene rings is 3. The van der Waals surface area contributed by atoms with E-state index in [2.05, 4.69) is 60.4 Å². The van der Waals surface area contributed by atoms with E-state index in [1.54, 1.807) is 6.92 Å². The molecule has 3 aromatic rings. The molecule has 0 aromatic heterocycles. The molecule has 0 fully saturated rings. The summed E-state index contributed by atoms with van der Waals surface area (Å²) in [6, 6.07) is 29.1. The Balaban J connectivity index is 1.53. The molecule has 0 radical (unpaired) electrons. The fourth-order valence-corrected chi connectivity index (χ4v) is 4.33. The predicted molar refractivity (Wildman–Crippen MR) is 145 cm³/mol. The fourth-order valence-electron chi connectivity index (χ4n) is 4.33. The average molecular weight is 471 g/mol. The van der Waals surface area contributed by atoms with Crippen LogP contribution in [0.3, 0.4) is 0 Å². The summed E-state index contributed by atoms with van der Waals surface area (Å²) >= 11 is 0. The Morgan fingerprint density at radius 1 is 0.806 bits per heavy atom. The van der Waals surface area contributed by atoms with E-state index >= 15 is 0 Å². The van der Waals surface area contributed by atoms with Gasteiger partial charge in [-0.2, -0.15) is 5.26 Å². The molecule has 4 nitrogen and oxygen atoms in total. The summed E-state index contributed by atoms with van der Waals surface area (Å²) in [6.07, 6.45) is 7.61. The molecule has 0 amide bonds. The Labute approximate surface area is 212 Å². The standard InChI is InChI=1S/C32H26N2O2/c1-22-16-29(20-30-18-25(23(2)21-33)17-24(3)35-30)36-32-19-28(14-15-31(22)32)34(26-10-6-4-7-11-26)27-12-8-5-9-13-27/h4-20H,1-3H3/b25-23-,29-20?. The number of fused-ring (bicyclic) bond motifs is 1. The van der Waals surface area contributed by atoms with Crippen LogP contribution in [0.2, 0.25) is 0 Å². The SMILES string of the molecule is CC1=C/C(=C(\C)C#N)C=C(C=C2C=C(C)c3ccc(N(c4ccccc4)c4ccccc4)cc3O2)O1. The van der Waals surface area contributed by atoms with E-state index in [9.17, 15) is 5.26 Å². The molecule has 0 bridgehead atoms. The monoisotopic (exact) mass is 470 g/mol. The normalized spacial score (nSPS) is 16.9. The zero-order chi connectivity index (χ0) is 25.1. The molecule has 2 aliphatic rings. The molecule has 0 saturated carbocycles. The molecule has 36 heavy (non-hydrogen) atoms. The summed E-state index contributed by atoms with van der Waals surface area (Å²) in [5, 5.41) is 9.30. The van der Waals surface area contributed by atoms with Crippen LogP contribution in [0.15, 0.2) is 132 Å². The predicted octanol–water partition coefficient (Wildman–Crippen LogP) is 8.49. The largest absolute Gasteiger partial charge is 0.462 e. The van der Waals surface area contributed by atoms with Crippen LogP contribution in [0.5, 0.6) is 5.75 Å². The van der Waals surface area contributed by atoms with E-state index in [0.717, 1.165) is 45.3 Å². The van der Waals surface area contributed by atoms with Crippen LogP contribution in [0.4, 0.5) is 17.1 Å². The molecular formula is C32H26N2O2. The zero-order valence-electron chi connectivity index (χ0n) is 20.5. The van der Waals surface area contributed by atoms with Crippen molar-refractivity contribution >= 4 is 22.6 Å². The molecule has 0 saturated heterocycles. The van der Waals surface area contributed by atoms with Crippen molar-refractivity contribution in [3.63, 3.8) is 0 Å². The quantitative estimate of drug-likeness (QED) is 0.359. The van der Waals surface area contributed by atoms with E-state index in [4.69, 9.17) is 9.47 Å². The highest BCUT2D eigenvalue weighted by molar-refractivity contribution is 5.81. The first-order valence-electron chi connectivity index (χ1n) is 11.8. The van der Waals surface area contributed by atoms with Crippen molar-refractivity contribution in [2.75, 3.05) is 4.90 Å². The van der Waals surface area contributed by atoms with Crippen LogP contribution in [0.1, 0.15) is 26.3 Å². The molecule has 0 unspecified atom stereocenters. The van der Waals surface area contributed by atoms with Crippen molar-refractivity contribution in [1.82, 2.24) is 0 Å². The van der Waals surface area contributed by atoms with E-state index in [-0.39, 0.29) is 0 Å². The molecule has 0 spiro atoms. The van der Waals surface area contributed by atoms with Crippen LogP contribution in [-0.2, 0) is 4.74 Å². The van der Waals surface area contributed by atoms with Gasteiger partial charge in [-0.1, -0.05) is 36.4 Å². The lowest BCUT2D eigenvalue weighted by Gasteiger charge is -2.27. The second-order valence-electron chi connectivity index (χ2n) is 8.76. The minimum atomic E-state index is 0.633. The molecule has 2 aliphatic heterocycles. The molecule has 0 atom stereocenters. The molecule has 0 N–H and O–H groups in total. The van der Waals surface area contributed by atoms with Gasteiger partial charge in [0.2, 0.25) is 0 Å². The van der Waals surface area contributed by atoms with E-state index < -0.39 is 0 Å². The Morgan fingerprint density at radius 2 is 1.47 bits per heavy atom. The topological polar surface area (TPSA) is 45.5 Å². The van der Waals surface area contributed by atoms with Gasteiger partial charge in [-0.15, -0.1) is 0 Å². The lowest BCUT2D eigenvalue weighted by Crippen LogP contribution is -2.11. The van der Waals surface area contributed by atoms with Gasteiger partial charge in [0.15, 0.2) is 0 Å². The number of hydrogen-bond donors (Lipinski definition) is 0. The Kier molecular flexibility index (Phi) is 6.30. The zero-order valence-corrected chi connectivity index (χ0v) is 20.5. The molecular weight excluding hydrogens is 444 g/mol. The van der Waals surface area contributed by atoms with Crippen molar-refractivity contribution in [2.45, 2.75) is 20.8 Å². The highest BCUT2D eigenvalue weighted by atomic mass is 16.5. The number of hydrogen-bond acceptors (Lipinski definition) is 4. The first-order chi connectivity index (χ1) is 17.5. The summed E-state index contributed by atoms with van der Waals surface area (Å²) in [5.41, 5.74) is 6.77. The Morgan fingerprint density at radius 3 is 2.11 bits per heavy atom. The third-order valence-corrected chi connectivity index (χ3v) is 6.08. The summed E-state index contributed by atoms with van der Waals surface area (Å²) in [4.78, 5) is 2.21. The third kappa shape index (κ3) is 4.73. The third-order valence-electron chi connectivity index (χ3n) is 6.08. The van der Waals surface area contributed by atoms with Crippen LogP contribution in [0.25, 0.3) is 5.57 Å². The Bertz CT molecular complexity index is 1460. The highest BCUT2D eigenvalue weighted by Gasteiger charge is 2.20. The minimum Gasteiger partial charge on any atom is -0.462 e. The molecule has 0 aliphatic carbocycles. The van der Waals surface area contributed by atoms with Gasteiger partial charge in [0, 0.05) is 40.3 Å². The van der Waals surface area contributed by atoms with Crippen LogP contribution in [-0.4, -0.2) is 0 Å². The maximum Gasteiger partial charge on any atom is 0.137 e. The van der Waals surface area contributed by atoms with E-state index in [1.807, 2.05) is 67.6 Å². The molecule has 3 aromatic carbocycles. The highest BCUT2D eigenvalue weighted by Crippen LogP contribution is 2.41. The Hall–Kier alpha value is -4.75. The number of ether oxygens (including phenoxy) is 2. The van der Waals surface area contributed by atoms with Gasteiger partial charge in [-0.05, 0) is 86.5 Å². The van der Waals surface area contributed by atoms with Gasteiger partial charge in [-0.3, -0.25) is 0 Å². The van der Waals surface area contributed by atoms with Crippen molar-refractivity contribution in [1.29, 1.82) is 5.26 Å². The number of para-hydroxylation sites is 2. The van der Waals surface area contributed by atoms with E-state index in [1.165, 1.54) is 0 Å². The van der Waals surface area contributed by atoms with Crippen molar-refractivity contribution in [2.24, 2.45) is 0 Å². The molecule has 176 valence electrons. The summed E-state index contributed by atoms with van der Waals surface area (Å²) in [6.45, 7) is 5.76. The average Bonchev–Trinajstić information content (AvgIpc) is 2.89. The number of rotatable bonds is 4. The van der Waals surface area contributed by atoms with Crippen molar-refractivity contribution in [3.8, 4) is 11.8 Å². The first-order valence-corrected chi connectivity index (χ1v) is 11.8. The van der Waals surface area contributed by atoms with Crippen LogP contribution < -0.4 is 9.64 Å². The summed E-state index contributed by atoms with van der Waals surface area (Å²) < 4.78 is 12.3. The fraction of sp³-hybridized carbons (Fsp3) is 0.0938. The number of anilines is 3. The smallest absolute Gasteiger partial charge is 0.137 e. The lowest BCUT2D eigenvalue weighted by molar-refractivity contribution is 0.313. The van der Waals surface area contributed by atoms with Crippen LogP contribution in [0, 0.1) is 11.3 Å². The summed E-state index contributed by atoms with van der Waals surface area (Å²) in [7, 11) is 0. The maximum absolute atomic E-state index is 9.30. The van der Waals surface area contributed by atoms with Crippen LogP contribution >= 0.6 is 0 Å². The molecule has 2 heterocycles. The second-order valence-corrected chi connectivity index (χ2v) is 8.76. The van der Waals surface area contributed by atoms with Gasteiger partial charge in [0.1, 0.15) is 23.0 Å². The van der Waals surface area contributed by atoms with Gasteiger partial charge in [-0.25, -0.2) is 0 Å². The summed E-state index contributed by atoms with van der Waals surface area (Å²) in [5.74, 6) is 2.82. The van der Waals surface area contributed by atoms with Gasteiger partial charge in [0.25, 0.3) is 0 Å².